The average Bonchev–Trinajstić information content (AvgIpc) is 2.72. The molecule has 17 heavy (non-hydrogen) atoms. The Morgan fingerprint density at radius 2 is 2.18 bits per heavy atom. The summed E-state index contributed by atoms with van der Waals surface area (Å²) in [6, 6.07) is 8.21. The van der Waals surface area contributed by atoms with Crippen molar-refractivity contribution in [2.75, 3.05) is 0 Å². The Morgan fingerprint density at radius 3 is 2.88 bits per heavy atom. The Kier molecular flexibility index (Phi) is 3.59. The molecule has 0 aliphatic rings. The number of hydrogen-bond acceptors (Lipinski definition) is 2. The molecule has 0 bridgehead atoms. The molecule has 0 amide bonds. The lowest BCUT2D eigenvalue weighted by Crippen LogP contribution is -1.96. The molecule has 1 aromatic heterocycles. The summed E-state index contributed by atoms with van der Waals surface area (Å²) >= 11 is 0. The van der Waals surface area contributed by atoms with Crippen molar-refractivity contribution in [1.29, 1.82) is 0 Å². The molecule has 0 saturated heterocycles. The van der Waals surface area contributed by atoms with Crippen LogP contribution in [0.3, 0.4) is 0 Å². The van der Waals surface area contributed by atoms with Gasteiger partial charge in [-0.3, -0.25) is 0 Å². The molecule has 90 valence electrons. The van der Waals surface area contributed by atoms with Crippen LogP contribution in [0.2, 0.25) is 0 Å². The monoisotopic (exact) mass is 229 g/mol. The highest BCUT2D eigenvalue weighted by atomic mass is 14.9. The van der Waals surface area contributed by atoms with Gasteiger partial charge in [-0.25, -0.2) is 4.98 Å². The van der Waals surface area contributed by atoms with Gasteiger partial charge in [0.25, 0.3) is 0 Å². The minimum atomic E-state index is 0.565. The Morgan fingerprint density at radius 1 is 1.35 bits per heavy atom. The number of aromatic nitrogens is 2. The molecule has 0 radical (unpaired) electrons. The third-order valence-corrected chi connectivity index (χ3v) is 2.91. The molecule has 2 rings (SSSR count). The van der Waals surface area contributed by atoms with Crippen LogP contribution in [0.25, 0.3) is 11.4 Å². The van der Waals surface area contributed by atoms with Gasteiger partial charge in [-0.2, -0.15) is 0 Å². The van der Waals surface area contributed by atoms with E-state index in [1.165, 1.54) is 11.4 Å². The predicted octanol–water partition coefficient (Wildman–Crippen LogP) is 2.80. The van der Waals surface area contributed by atoms with Crippen LogP contribution in [0.1, 0.15) is 30.3 Å². The fraction of sp³-hybridized carbons (Fsp3) is 0.357. The number of rotatable bonds is 4. The van der Waals surface area contributed by atoms with Gasteiger partial charge in [-0.1, -0.05) is 31.5 Å². The van der Waals surface area contributed by atoms with E-state index in [1.54, 1.807) is 0 Å². The number of aromatic amines is 1. The zero-order chi connectivity index (χ0) is 12.3. The minimum Gasteiger partial charge on any atom is -0.342 e. The molecule has 0 fully saturated rings. The molecule has 0 aliphatic heterocycles. The summed E-state index contributed by atoms with van der Waals surface area (Å²) < 4.78 is 0. The fourth-order valence-electron chi connectivity index (χ4n) is 1.96. The van der Waals surface area contributed by atoms with Gasteiger partial charge >= 0.3 is 0 Å². The van der Waals surface area contributed by atoms with E-state index >= 15 is 0 Å². The highest BCUT2D eigenvalue weighted by molar-refractivity contribution is 5.57. The van der Waals surface area contributed by atoms with Gasteiger partial charge in [0.15, 0.2) is 0 Å². The SMILES string of the molecule is CCCc1nc(-c2cccc(CN)c2)[nH]c1C. The van der Waals surface area contributed by atoms with Gasteiger partial charge in [-0.15, -0.1) is 0 Å². The van der Waals surface area contributed by atoms with Crippen LogP contribution in [-0.2, 0) is 13.0 Å². The van der Waals surface area contributed by atoms with Crippen LogP contribution in [0, 0.1) is 6.92 Å². The van der Waals surface area contributed by atoms with Crippen molar-refractivity contribution < 1.29 is 0 Å². The van der Waals surface area contributed by atoms with Gasteiger partial charge in [0.2, 0.25) is 0 Å². The lowest BCUT2D eigenvalue weighted by Gasteiger charge is -2.00. The zero-order valence-electron chi connectivity index (χ0n) is 10.5. The molecular formula is C14H19N3. The van der Waals surface area contributed by atoms with Gasteiger partial charge < -0.3 is 10.7 Å². The number of nitrogens with two attached hydrogens (primary N) is 1. The molecule has 1 aromatic carbocycles. The average molecular weight is 229 g/mol. The number of nitrogens with one attached hydrogen (secondary N) is 1. The smallest absolute Gasteiger partial charge is 0.137 e. The molecule has 0 saturated carbocycles. The normalized spacial score (nSPS) is 10.8. The van der Waals surface area contributed by atoms with Crippen molar-refractivity contribution in [1.82, 2.24) is 9.97 Å². The van der Waals surface area contributed by atoms with E-state index in [-0.39, 0.29) is 0 Å². The number of nitrogens with zero attached hydrogens (tertiary/aromatic N) is 1. The maximum Gasteiger partial charge on any atom is 0.137 e. The molecule has 3 N–H and O–H groups in total. The second kappa shape index (κ2) is 5.15. The van der Waals surface area contributed by atoms with Crippen molar-refractivity contribution in [3.8, 4) is 11.4 Å². The number of H-pyrrole nitrogens is 1. The molecule has 0 aliphatic carbocycles. The molecule has 1 heterocycles. The van der Waals surface area contributed by atoms with Crippen LogP contribution < -0.4 is 5.73 Å². The fourth-order valence-corrected chi connectivity index (χ4v) is 1.96. The second-order valence-electron chi connectivity index (χ2n) is 4.31. The largest absolute Gasteiger partial charge is 0.342 e. The first-order chi connectivity index (χ1) is 8.24. The van der Waals surface area contributed by atoms with Crippen LogP contribution in [-0.4, -0.2) is 9.97 Å². The van der Waals surface area contributed by atoms with Crippen LogP contribution in [0.15, 0.2) is 24.3 Å². The minimum absolute atomic E-state index is 0.565. The number of hydrogen-bond donors (Lipinski definition) is 2. The first-order valence-electron chi connectivity index (χ1n) is 6.09. The highest BCUT2D eigenvalue weighted by Gasteiger charge is 2.07. The molecular weight excluding hydrogens is 210 g/mol. The van der Waals surface area contributed by atoms with Gasteiger partial charge in [0.1, 0.15) is 5.82 Å². The third kappa shape index (κ3) is 2.56. The zero-order valence-corrected chi connectivity index (χ0v) is 10.5. The number of benzene rings is 1. The molecule has 3 nitrogen and oxygen atoms in total. The quantitative estimate of drug-likeness (QED) is 0.847. The predicted molar refractivity (Wildman–Crippen MR) is 70.6 cm³/mol. The lowest BCUT2D eigenvalue weighted by atomic mass is 10.1. The highest BCUT2D eigenvalue weighted by Crippen LogP contribution is 2.19. The summed E-state index contributed by atoms with van der Waals surface area (Å²) in [7, 11) is 0. The summed E-state index contributed by atoms with van der Waals surface area (Å²) in [5, 5.41) is 0. The van der Waals surface area contributed by atoms with Crippen LogP contribution in [0.5, 0.6) is 0 Å². The standard InChI is InChI=1S/C14H19N3/c1-3-5-13-10(2)16-14(17-13)12-7-4-6-11(8-12)9-15/h4,6-8H,3,5,9,15H2,1-2H3,(H,16,17). The first kappa shape index (κ1) is 11.9. The summed E-state index contributed by atoms with van der Waals surface area (Å²) in [6.07, 6.45) is 2.15. The molecule has 0 spiro atoms. The summed E-state index contributed by atoms with van der Waals surface area (Å²) in [5.41, 5.74) is 10.2. The van der Waals surface area contributed by atoms with Crippen molar-refractivity contribution in [2.45, 2.75) is 33.2 Å². The molecule has 0 atom stereocenters. The maximum atomic E-state index is 5.65. The van der Waals surface area contributed by atoms with E-state index in [4.69, 9.17) is 5.73 Å². The Labute approximate surface area is 102 Å². The van der Waals surface area contributed by atoms with Gasteiger partial charge in [0, 0.05) is 17.8 Å². The Hall–Kier alpha value is -1.61. The topological polar surface area (TPSA) is 54.7 Å². The van der Waals surface area contributed by atoms with Gasteiger partial charge in [0.05, 0.1) is 5.69 Å². The first-order valence-corrected chi connectivity index (χ1v) is 6.09. The third-order valence-electron chi connectivity index (χ3n) is 2.91. The lowest BCUT2D eigenvalue weighted by molar-refractivity contribution is 0.883. The van der Waals surface area contributed by atoms with E-state index < -0.39 is 0 Å². The van der Waals surface area contributed by atoms with E-state index in [9.17, 15) is 0 Å². The van der Waals surface area contributed by atoms with E-state index in [0.29, 0.717) is 6.54 Å². The molecule has 3 heteroatoms. The van der Waals surface area contributed by atoms with Crippen LogP contribution in [0.4, 0.5) is 0 Å². The number of imidazole rings is 1. The summed E-state index contributed by atoms with van der Waals surface area (Å²) in [4.78, 5) is 7.99. The van der Waals surface area contributed by atoms with Crippen LogP contribution >= 0.6 is 0 Å². The second-order valence-corrected chi connectivity index (χ2v) is 4.31. The van der Waals surface area contributed by atoms with E-state index in [1.807, 2.05) is 12.1 Å². The van der Waals surface area contributed by atoms with Crippen molar-refractivity contribution >= 4 is 0 Å². The number of aryl methyl sites for hydroxylation is 2. The summed E-state index contributed by atoms with van der Waals surface area (Å²) in [5.74, 6) is 0.946. The Bertz CT molecular complexity index is 500. The molecule has 2 aromatic rings. The van der Waals surface area contributed by atoms with Crippen molar-refractivity contribution in [2.24, 2.45) is 5.73 Å². The van der Waals surface area contributed by atoms with E-state index in [2.05, 4.69) is 35.9 Å². The van der Waals surface area contributed by atoms with Crippen molar-refractivity contribution in [3.63, 3.8) is 0 Å². The molecule has 0 unspecified atom stereocenters. The Balaban J connectivity index is 2.35. The van der Waals surface area contributed by atoms with Crippen molar-refractivity contribution in [3.05, 3.63) is 41.2 Å². The van der Waals surface area contributed by atoms with E-state index in [0.717, 1.165) is 29.8 Å². The maximum absolute atomic E-state index is 5.65. The summed E-state index contributed by atoms with van der Waals surface area (Å²) in [6.45, 7) is 4.81. The van der Waals surface area contributed by atoms with Gasteiger partial charge in [-0.05, 0) is 25.0 Å².